The minimum atomic E-state index is -4.11. The highest BCUT2D eigenvalue weighted by Crippen LogP contribution is 2.29. The van der Waals surface area contributed by atoms with Crippen molar-refractivity contribution in [1.82, 2.24) is 0 Å². The van der Waals surface area contributed by atoms with Crippen molar-refractivity contribution in [3.8, 4) is 0 Å². The first-order valence-corrected chi connectivity index (χ1v) is 6.92. The van der Waals surface area contributed by atoms with Gasteiger partial charge >= 0.3 is 5.97 Å². The Balaban J connectivity index is 3.00. The molecule has 2 rings (SSSR count). The fourth-order valence-corrected chi connectivity index (χ4v) is 3.04. The molecule has 0 aliphatic carbocycles. The van der Waals surface area contributed by atoms with Crippen molar-refractivity contribution in [1.29, 1.82) is 0 Å². The van der Waals surface area contributed by atoms with Crippen LogP contribution in [0.15, 0.2) is 41.3 Å². The number of carboxylic acid groups (broad SMARTS) is 1. The third kappa shape index (κ3) is 2.11. The van der Waals surface area contributed by atoms with Gasteiger partial charge in [-0.15, -0.1) is 0 Å². The number of fused-ring (bicyclic) bond motifs is 1. The molecule has 0 spiro atoms. The van der Waals surface area contributed by atoms with Crippen LogP contribution in [-0.2, 0) is 9.05 Å². The Morgan fingerprint density at radius 3 is 2.35 bits per heavy atom. The van der Waals surface area contributed by atoms with Crippen LogP contribution in [0.25, 0.3) is 10.8 Å². The van der Waals surface area contributed by atoms with Gasteiger partial charge in [0, 0.05) is 16.1 Å². The van der Waals surface area contributed by atoms with Crippen molar-refractivity contribution in [3.63, 3.8) is 0 Å². The third-order valence-corrected chi connectivity index (χ3v) is 3.74. The van der Waals surface area contributed by atoms with E-state index in [1.54, 1.807) is 24.3 Å². The summed E-state index contributed by atoms with van der Waals surface area (Å²) in [6.07, 6.45) is 0. The molecule has 2 aromatic rings. The molecule has 0 aliphatic rings. The summed E-state index contributed by atoms with van der Waals surface area (Å²) >= 11 is 0. The maximum Gasteiger partial charge on any atom is 0.337 e. The maximum absolute atomic E-state index is 11.5. The highest BCUT2D eigenvalue weighted by molar-refractivity contribution is 8.14. The van der Waals surface area contributed by atoms with Gasteiger partial charge in [0.05, 0.1) is 5.56 Å². The van der Waals surface area contributed by atoms with Crippen LogP contribution in [0, 0.1) is 0 Å². The predicted octanol–water partition coefficient (Wildman–Crippen LogP) is 2.47. The van der Waals surface area contributed by atoms with E-state index in [2.05, 4.69) is 0 Å². The average molecular weight is 271 g/mol. The van der Waals surface area contributed by atoms with E-state index in [0.29, 0.717) is 10.8 Å². The summed E-state index contributed by atoms with van der Waals surface area (Å²) in [6, 6.07) is 9.35. The molecule has 6 heteroatoms. The first-order valence-electron chi connectivity index (χ1n) is 4.61. The molecule has 17 heavy (non-hydrogen) atoms. The Morgan fingerprint density at radius 1 is 1.12 bits per heavy atom. The summed E-state index contributed by atoms with van der Waals surface area (Å²) in [7, 11) is 1.18. The highest BCUT2D eigenvalue weighted by atomic mass is 35.7. The Morgan fingerprint density at radius 2 is 1.76 bits per heavy atom. The zero-order valence-corrected chi connectivity index (χ0v) is 9.99. The van der Waals surface area contributed by atoms with Gasteiger partial charge in [-0.2, -0.15) is 0 Å². The molecule has 0 atom stereocenters. The lowest BCUT2D eigenvalue weighted by atomic mass is 10.1. The summed E-state index contributed by atoms with van der Waals surface area (Å²) in [5.74, 6) is -1.32. The molecule has 0 saturated carbocycles. The molecule has 0 amide bonds. The summed E-state index contributed by atoms with van der Waals surface area (Å²) in [5, 5.41) is 9.90. The molecule has 0 heterocycles. The second-order valence-corrected chi connectivity index (χ2v) is 5.91. The van der Waals surface area contributed by atoms with Crippen molar-refractivity contribution in [2.45, 2.75) is 4.90 Å². The van der Waals surface area contributed by atoms with Crippen molar-refractivity contribution >= 4 is 36.5 Å². The molecule has 0 radical (unpaired) electrons. The molecule has 4 nitrogen and oxygen atoms in total. The molecule has 1 N–H and O–H groups in total. The number of hydrogen-bond donors (Lipinski definition) is 1. The summed E-state index contributed by atoms with van der Waals surface area (Å²) in [4.78, 5) is 10.6. The Kier molecular flexibility index (Phi) is 2.81. The second-order valence-electron chi connectivity index (χ2n) is 3.41. The van der Waals surface area contributed by atoms with Crippen LogP contribution in [0.4, 0.5) is 0 Å². The van der Waals surface area contributed by atoms with Crippen LogP contribution in [0.3, 0.4) is 0 Å². The van der Waals surface area contributed by atoms with Crippen molar-refractivity contribution < 1.29 is 18.3 Å². The summed E-state index contributed by atoms with van der Waals surface area (Å²) in [5.41, 5.74) is -0.321. The van der Waals surface area contributed by atoms with Crippen LogP contribution in [0.1, 0.15) is 10.4 Å². The molecule has 2 aromatic carbocycles. The zero-order chi connectivity index (χ0) is 12.6. The molecule has 0 unspecified atom stereocenters. The van der Waals surface area contributed by atoms with Gasteiger partial charge in [0.2, 0.25) is 0 Å². The van der Waals surface area contributed by atoms with E-state index in [1.165, 1.54) is 12.1 Å². The van der Waals surface area contributed by atoms with Crippen LogP contribution < -0.4 is 0 Å². The van der Waals surface area contributed by atoms with Crippen molar-refractivity contribution in [3.05, 3.63) is 42.0 Å². The molecule has 0 bridgehead atoms. The molecule has 0 aromatic heterocycles. The lowest BCUT2D eigenvalue weighted by molar-refractivity contribution is 0.0693. The zero-order valence-electron chi connectivity index (χ0n) is 8.42. The molecule has 0 fully saturated rings. The van der Waals surface area contributed by atoms with E-state index in [-0.39, 0.29) is 10.5 Å². The van der Waals surface area contributed by atoms with E-state index in [9.17, 15) is 13.2 Å². The first kappa shape index (κ1) is 11.9. The Labute approximate surface area is 102 Å². The molecular formula is C11H7ClO4S. The molecular weight excluding hydrogens is 264 g/mol. The summed E-state index contributed by atoms with van der Waals surface area (Å²) in [6.45, 7) is 0. The second kappa shape index (κ2) is 4.01. The van der Waals surface area contributed by atoms with Gasteiger partial charge in [0.1, 0.15) is 4.90 Å². The standard InChI is InChI=1S/C11H7ClO4S/c12-17(15,16)10-8-4-2-1-3-7(8)5-6-9(10)11(13)14/h1-6H,(H,13,14). The summed E-state index contributed by atoms with van der Waals surface area (Å²) < 4.78 is 22.9. The number of halogens is 1. The number of carbonyl (C=O) groups is 1. The Bertz CT molecular complexity index is 706. The van der Waals surface area contributed by atoms with E-state index < -0.39 is 15.0 Å². The lowest BCUT2D eigenvalue weighted by Gasteiger charge is -2.06. The van der Waals surface area contributed by atoms with E-state index >= 15 is 0 Å². The van der Waals surface area contributed by atoms with Gasteiger partial charge in [-0.25, -0.2) is 13.2 Å². The highest BCUT2D eigenvalue weighted by Gasteiger charge is 2.22. The minimum Gasteiger partial charge on any atom is -0.478 e. The lowest BCUT2D eigenvalue weighted by Crippen LogP contribution is -2.05. The van der Waals surface area contributed by atoms with E-state index in [4.69, 9.17) is 15.8 Å². The third-order valence-electron chi connectivity index (χ3n) is 2.35. The van der Waals surface area contributed by atoms with Crippen LogP contribution in [0.2, 0.25) is 0 Å². The molecule has 0 saturated heterocycles. The smallest absolute Gasteiger partial charge is 0.337 e. The average Bonchev–Trinajstić information content (AvgIpc) is 2.26. The maximum atomic E-state index is 11.5. The van der Waals surface area contributed by atoms with E-state index in [1.807, 2.05) is 0 Å². The quantitative estimate of drug-likeness (QED) is 0.851. The SMILES string of the molecule is O=C(O)c1ccc2ccccc2c1S(=O)(=O)Cl. The normalized spacial score (nSPS) is 11.6. The Hall–Kier alpha value is -1.59. The minimum absolute atomic E-state index is 0.308. The predicted molar refractivity (Wildman–Crippen MR) is 63.9 cm³/mol. The number of hydrogen-bond acceptors (Lipinski definition) is 3. The van der Waals surface area contributed by atoms with Crippen LogP contribution in [0.5, 0.6) is 0 Å². The largest absolute Gasteiger partial charge is 0.478 e. The fraction of sp³-hybridized carbons (Fsp3) is 0. The van der Waals surface area contributed by atoms with Gasteiger partial charge in [-0.05, 0) is 11.5 Å². The topological polar surface area (TPSA) is 71.4 Å². The first-order chi connectivity index (χ1) is 7.91. The van der Waals surface area contributed by atoms with Gasteiger partial charge in [0.15, 0.2) is 0 Å². The molecule has 0 aliphatic heterocycles. The van der Waals surface area contributed by atoms with Crippen molar-refractivity contribution in [2.24, 2.45) is 0 Å². The van der Waals surface area contributed by atoms with Gasteiger partial charge < -0.3 is 5.11 Å². The van der Waals surface area contributed by atoms with Gasteiger partial charge in [-0.3, -0.25) is 0 Å². The number of aromatic carboxylic acids is 1. The number of rotatable bonds is 2. The van der Waals surface area contributed by atoms with Crippen molar-refractivity contribution in [2.75, 3.05) is 0 Å². The van der Waals surface area contributed by atoms with E-state index in [0.717, 1.165) is 0 Å². The van der Waals surface area contributed by atoms with Crippen LogP contribution in [-0.4, -0.2) is 19.5 Å². The van der Waals surface area contributed by atoms with Crippen LogP contribution >= 0.6 is 10.7 Å². The monoisotopic (exact) mass is 270 g/mol. The number of carboxylic acids is 1. The fourth-order valence-electron chi connectivity index (χ4n) is 1.67. The van der Waals surface area contributed by atoms with Gasteiger partial charge in [0.25, 0.3) is 9.05 Å². The van der Waals surface area contributed by atoms with Gasteiger partial charge in [-0.1, -0.05) is 30.3 Å². The molecule has 88 valence electrons. The number of benzene rings is 2.